The van der Waals surface area contributed by atoms with Crippen LogP contribution in [0.4, 0.5) is 15.8 Å². The molecule has 1 aliphatic carbocycles. The first-order valence-electron chi connectivity index (χ1n) is 10.3. The van der Waals surface area contributed by atoms with Gasteiger partial charge in [0.1, 0.15) is 23.1 Å². The first-order chi connectivity index (χ1) is 15.2. The number of nitriles is 1. The Hall–Kier alpha value is -3.92. The summed E-state index contributed by atoms with van der Waals surface area (Å²) in [4.78, 5) is 28.9. The number of benzene rings is 2. The number of fused-ring (bicyclic) bond motifs is 3. The van der Waals surface area contributed by atoms with E-state index in [9.17, 15) is 19.2 Å². The molecular formula is C25H21FN4O2. The van der Waals surface area contributed by atoms with Crippen molar-refractivity contribution < 1.29 is 14.0 Å². The number of carbonyl (C=O) groups excluding carboxylic acids is 2. The molecule has 0 saturated carbocycles. The van der Waals surface area contributed by atoms with Crippen molar-refractivity contribution in [2.75, 3.05) is 10.2 Å². The fourth-order valence-electron chi connectivity index (χ4n) is 5.26. The summed E-state index contributed by atoms with van der Waals surface area (Å²) in [7, 11) is 0. The molecule has 3 aliphatic rings. The van der Waals surface area contributed by atoms with E-state index in [4.69, 9.17) is 5.73 Å². The molecule has 3 N–H and O–H groups in total. The van der Waals surface area contributed by atoms with E-state index in [0.29, 0.717) is 23.5 Å². The lowest BCUT2D eigenvalue weighted by atomic mass is 9.60. The average Bonchev–Trinajstić information content (AvgIpc) is 3.00. The lowest BCUT2D eigenvalue weighted by Crippen LogP contribution is -2.52. The lowest BCUT2D eigenvalue weighted by molar-refractivity contribution is -0.123. The van der Waals surface area contributed by atoms with Crippen LogP contribution in [0.3, 0.4) is 0 Å². The van der Waals surface area contributed by atoms with Gasteiger partial charge in [-0.15, -0.1) is 0 Å². The molecule has 0 fully saturated rings. The maximum atomic E-state index is 14.4. The second-order valence-electron chi connectivity index (χ2n) is 9.20. The number of allylic oxidation sites excluding steroid dienone is 1. The first kappa shape index (κ1) is 20.0. The van der Waals surface area contributed by atoms with Crippen LogP contribution >= 0.6 is 0 Å². The van der Waals surface area contributed by atoms with Crippen LogP contribution in [-0.4, -0.2) is 11.7 Å². The van der Waals surface area contributed by atoms with Gasteiger partial charge in [0.25, 0.3) is 0 Å². The zero-order chi connectivity index (χ0) is 22.8. The Bertz CT molecular complexity index is 1300. The topological polar surface area (TPSA) is 99.2 Å². The summed E-state index contributed by atoms with van der Waals surface area (Å²) in [6.45, 7) is 3.96. The van der Waals surface area contributed by atoms with Gasteiger partial charge in [0.2, 0.25) is 5.91 Å². The molecule has 5 rings (SSSR count). The van der Waals surface area contributed by atoms with Crippen LogP contribution in [0.25, 0.3) is 0 Å². The van der Waals surface area contributed by atoms with Gasteiger partial charge in [-0.3, -0.25) is 14.5 Å². The molecule has 0 aromatic heterocycles. The Labute approximate surface area is 184 Å². The second kappa shape index (κ2) is 6.54. The highest BCUT2D eigenvalue weighted by atomic mass is 19.1. The van der Waals surface area contributed by atoms with Crippen molar-refractivity contribution in [2.24, 2.45) is 11.1 Å². The minimum absolute atomic E-state index is 0.0650. The number of ketones is 1. The smallest absolute Gasteiger partial charge is 0.245 e. The number of halogens is 1. The van der Waals surface area contributed by atoms with Gasteiger partial charge in [-0.25, -0.2) is 4.39 Å². The van der Waals surface area contributed by atoms with Gasteiger partial charge in [-0.05, 0) is 42.2 Å². The Morgan fingerprint density at radius 3 is 2.53 bits per heavy atom. The monoisotopic (exact) mass is 428 g/mol. The van der Waals surface area contributed by atoms with E-state index in [-0.39, 0.29) is 40.1 Å². The van der Waals surface area contributed by atoms with E-state index < -0.39 is 17.1 Å². The van der Waals surface area contributed by atoms with Gasteiger partial charge in [-0.2, -0.15) is 5.26 Å². The summed E-state index contributed by atoms with van der Waals surface area (Å²) in [5.41, 5.74) is 6.43. The van der Waals surface area contributed by atoms with Crippen molar-refractivity contribution in [3.8, 4) is 6.07 Å². The Morgan fingerprint density at radius 2 is 1.84 bits per heavy atom. The van der Waals surface area contributed by atoms with Gasteiger partial charge in [-0.1, -0.05) is 32.0 Å². The summed E-state index contributed by atoms with van der Waals surface area (Å²) in [5, 5.41) is 13.0. The minimum Gasteiger partial charge on any atom is -0.384 e. The molecule has 1 spiro atoms. The van der Waals surface area contributed by atoms with Crippen LogP contribution in [0.1, 0.15) is 32.3 Å². The summed E-state index contributed by atoms with van der Waals surface area (Å²) < 4.78 is 14.4. The zero-order valence-corrected chi connectivity index (χ0v) is 17.7. The van der Waals surface area contributed by atoms with Gasteiger partial charge >= 0.3 is 0 Å². The van der Waals surface area contributed by atoms with E-state index in [1.54, 1.807) is 4.90 Å². The van der Waals surface area contributed by atoms with E-state index in [1.165, 1.54) is 18.2 Å². The lowest BCUT2D eigenvalue weighted by Gasteiger charge is -2.46. The van der Waals surface area contributed by atoms with Crippen molar-refractivity contribution in [3.63, 3.8) is 0 Å². The second-order valence-corrected chi connectivity index (χ2v) is 9.20. The van der Waals surface area contributed by atoms with Gasteiger partial charge in [0.15, 0.2) is 5.78 Å². The van der Waals surface area contributed by atoms with Crippen molar-refractivity contribution in [2.45, 2.75) is 32.1 Å². The maximum absolute atomic E-state index is 14.4. The van der Waals surface area contributed by atoms with Crippen LogP contribution in [0.15, 0.2) is 71.2 Å². The highest BCUT2D eigenvalue weighted by Crippen LogP contribution is 2.57. The number of hydrogen-bond donors (Lipinski definition) is 2. The molecule has 0 bridgehead atoms. The third-order valence-corrected chi connectivity index (χ3v) is 6.47. The summed E-state index contributed by atoms with van der Waals surface area (Å²) >= 11 is 0. The predicted molar refractivity (Wildman–Crippen MR) is 118 cm³/mol. The number of nitrogens with two attached hydrogens (primary N) is 1. The standard InChI is InChI=1S/C25H21FN4O2/c1-24(2)11-19-21(20(31)12-24)25(16-10-14(26)8-9-18(16)29-23(25)32)17(13-27)22(28)30(19)15-6-4-3-5-7-15/h3-10H,11-12,28H2,1-2H3,(H,29,32). The number of amides is 1. The molecule has 2 heterocycles. The molecule has 2 aromatic rings. The SMILES string of the molecule is CC1(C)CC(=O)C2=C(C1)N(c1ccccc1)C(N)=C(C#N)C21C(=O)Nc2ccc(F)cc21. The summed E-state index contributed by atoms with van der Waals surface area (Å²) in [5.74, 6) is -1.31. The van der Waals surface area contributed by atoms with Crippen LogP contribution in [0.5, 0.6) is 0 Å². The fraction of sp³-hybridized carbons (Fsp3) is 0.240. The number of rotatable bonds is 1. The molecule has 7 heteroatoms. The highest BCUT2D eigenvalue weighted by Gasteiger charge is 2.61. The van der Waals surface area contributed by atoms with Gasteiger partial charge in [0.05, 0.1) is 5.57 Å². The molecule has 0 radical (unpaired) electrons. The van der Waals surface area contributed by atoms with Crippen molar-refractivity contribution in [3.05, 3.63) is 82.6 Å². The highest BCUT2D eigenvalue weighted by molar-refractivity contribution is 6.20. The Kier molecular flexibility index (Phi) is 4.09. The van der Waals surface area contributed by atoms with Crippen LogP contribution < -0.4 is 16.0 Å². The first-order valence-corrected chi connectivity index (χ1v) is 10.3. The fourth-order valence-corrected chi connectivity index (χ4v) is 5.26. The predicted octanol–water partition coefficient (Wildman–Crippen LogP) is 3.87. The molecule has 1 amide bonds. The Morgan fingerprint density at radius 1 is 1.12 bits per heavy atom. The number of anilines is 2. The number of Topliss-reactive ketones (excluding diaryl/α,β-unsaturated/α-hetero) is 1. The normalized spacial score (nSPS) is 23.8. The van der Waals surface area contributed by atoms with Crippen molar-refractivity contribution in [1.29, 1.82) is 5.26 Å². The molecule has 1 unspecified atom stereocenters. The molecular weight excluding hydrogens is 407 g/mol. The molecule has 1 atom stereocenters. The van der Waals surface area contributed by atoms with Crippen molar-refractivity contribution >= 4 is 23.1 Å². The third kappa shape index (κ3) is 2.50. The largest absolute Gasteiger partial charge is 0.384 e. The maximum Gasteiger partial charge on any atom is 0.245 e. The van der Waals surface area contributed by atoms with E-state index in [1.807, 2.05) is 44.2 Å². The number of carbonyl (C=O) groups is 2. The average molecular weight is 428 g/mol. The van der Waals surface area contributed by atoms with Crippen LogP contribution in [0, 0.1) is 22.6 Å². The van der Waals surface area contributed by atoms with Crippen LogP contribution in [0.2, 0.25) is 0 Å². The quantitative estimate of drug-likeness (QED) is 0.718. The molecule has 160 valence electrons. The van der Waals surface area contributed by atoms with Crippen molar-refractivity contribution in [1.82, 2.24) is 0 Å². The number of nitrogens with zero attached hydrogens (tertiary/aromatic N) is 2. The van der Waals surface area contributed by atoms with Gasteiger partial charge < -0.3 is 11.1 Å². The third-order valence-electron chi connectivity index (χ3n) is 6.47. The molecule has 2 aromatic carbocycles. The Balaban J connectivity index is 1.92. The number of nitrogens with one attached hydrogen (secondary N) is 1. The van der Waals surface area contributed by atoms with Gasteiger partial charge in [0, 0.05) is 34.6 Å². The minimum atomic E-state index is -1.77. The molecule has 0 saturated heterocycles. The van der Waals surface area contributed by atoms with E-state index in [0.717, 1.165) is 0 Å². The number of para-hydroxylation sites is 1. The van der Waals surface area contributed by atoms with E-state index in [2.05, 4.69) is 11.4 Å². The van der Waals surface area contributed by atoms with Crippen LogP contribution in [-0.2, 0) is 15.0 Å². The number of hydrogen-bond acceptors (Lipinski definition) is 5. The summed E-state index contributed by atoms with van der Waals surface area (Å²) in [6.07, 6.45) is 0.662. The van der Waals surface area contributed by atoms with E-state index >= 15 is 0 Å². The zero-order valence-electron chi connectivity index (χ0n) is 17.7. The molecule has 32 heavy (non-hydrogen) atoms. The molecule has 6 nitrogen and oxygen atoms in total. The molecule has 2 aliphatic heterocycles. The summed E-state index contributed by atoms with van der Waals surface area (Å²) in [6, 6.07) is 15.2.